The molecule has 1 heterocycles. The summed E-state index contributed by atoms with van der Waals surface area (Å²) >= 11 is 0. The Morgan fingerprint density at radius 1 is 0.895 bits per heavy atom. The van der Waals surface area contributed by atoms with Gasteiger partial charge in [0.2, 0.25) is 0 Å². The maximum absolute atomic E-state index is 12.9. The fraction of sp³-hybridized carbons (Fsp3) is 0.424. The zero-order valence-corrected chi connectivity index (χ0v) is 23.6. The third kappa shape index (κ3) is 6.46. The first-order valence-corrected chi connectivity index (χ1v) is 14.0. The summed E-state index contributed by atoms with van der Waals surface area (Å²) in [6.45, 7) is 13.2. The van der Waals surface area contributed by atoms with Gasteiger partial charge in [0.15, 0.2) is 0 Å². The standard InChI is InChI=1S/C33H43N3O2/c1-6-34(7-2)33(37)29-18-16-28(17-19-29)32(30-14-11-15-31(22-30)38-5)36-24-25(3)35(23-26(36)4)21-20-27-12-9-8-10-13-27/h8-19,22,25-26,32H,6-7,20-21,23-24H2,1-5H3/t25-,26+,32?/m1/s1. The van der Waals surface area contributed by atoms with Gasteiger partial charge in [0.1, 0.15) is 5.75 Å². The molecule has 1 aliphatic rings. The maximum atomic E-state index is 12.9. The molecule has 0 saturated carbocycles. The Labute approximate surface area is 229 Å². The van der Waals surface area contributed by atoms with Crippen LogP contribution in [0.25, 0.3) is 0 Å². The molecular weight excluding hydrogens is 470 g/mol. The van der Waals surface area contributed by atoms with Crippen molar-refractivity contribution >= 4 is 5.91 Å². The largest absolute Gasteiger partial charge is 0.497 e. The van der Waals surface area contributed by atoms with Gasteiger partial charge >= 0.3 is 0 Å². The zero-order chi connectivity index (χ0) is 27.1. The molecule has 1 aliphatic heterocycles. The molecule has 1 fully saturated rings. The molecule has 38 heavy (non-hydrogen) atoms. The van der Waals surface area contributed by atoms with Crippen molar-refractivity contribution in [3.8, 4) is 5.75 Å². The number of piperazine rings is 1. The second-order valence-electron chi connectivity index (χ2n) is 10.4. The minimum Gasteiger partial charge on any atom is -0.497 e. The zero-order valence-electron chi connectivity index (χ0n) is 23.6. The van der Waals surface area contributed by atoms with Crippen LogP contribution in [0.15, 0.2) is 78.9 Å². The highest BCUT2D eigenvalue weighted by Crippen LogP contribution is 2.35. The Balaban J connectivity index is 1.59. The van der Waals surface area contributed by atoms with Gasteiger partial charge in [-0.3, -0.25) is 14.6 Å². The molecule has 0 radical (unpaired) electrons. The van der Waals surface area contributed by atoms with Crippen LogP contribution in [0, 0.1) is 0 Å². The van der Waals surface area contributed by atoms with Crippen LogP contribution in [0.1, 0.15) is 60.8 Å². The first kappa shape index (κ1) is 27.9. The molecule has 3 aromatic rings. The number of rotatable bonds is 10. The average Bonchev–Trinajstić information content (AvgIpc) is 2.95. The number of benzene rings is 3. The van der Waals surface area contributed by atoms with E-state index in [1.165, 1.54) is 16.7 Å². The van der Waals surface area contributed by atoms with Crippen LogP contribution in [-0.2, 0) is 6.42 Å². The number of carbonyl (C=O) groups is 1. The molecule has 1 unspecified atom stereocenters. The van der Waals surface area contributed by atoms with E-state index in [-0.39, 0.29) is 11.9 Å². The lowest BCUT2D eigenvalue weighted by molar-refractivity contribution is 0.0246. The Bertz CT molecular complexity index is 1160. The van der Waals surface area contributed by atoms with Gasteiger partial charge in [-0.15, -0.1) is 0 Å². The van der Waals surface area contributed by atoms with Crippen LogP contribution in [0.2, 0.25) is 0 Å². The molecule has 5 nitrogen and oxygen atoms in total. The molecule has 3 atom stereocenters. The molecule has 202 valence electrons. The SMILES string of the molecule is CCN(CC)C(=O)c1ccc(C(c2cccc(OC)c2)N2C[C@@H](C)N(CCc3ccccc3)C[C@@H]2C)cc1. The highest BCUT2D eigenvalue weighted by molar-refractivity contribution is 5.94. The lowest BCUT2D eigenvalue weighted by Gasteiger charge is -2.47. The number of amides is 1. The van der Waals surface area contributed by atoms with Crippen LogP contribution < -0.4 is 4.74 Å². The Morgan fingerprint density at radius 3 is 2.26 bits per heavy atom. The number of nitrogens with zero attached hydrogens (tertiary/aromatic N) is 3. The average molecular weight is 514 g/mol. The quantitative estimate of drug-likeness (QED) is 0.338. The summed E-state index contributed by atoms with van der Waals surface area (Å²) in [4.78, 5) is 20.1. The summed E-state index contributed by atoms with van der Waals surface area (Å²) in [7, 11) is 1.72. The minimum atomic E-state index is 0.0800. The molecular formula is C33H43N3O2. The summed E-state index contributed by atoms with van der Waals surface area (Å²) in [6, 6.07) is 28.3. The molecule has 0 spiro atoms. The van der Waals surface area contributed by atoms with Gasteiger partial charge in [0, 0.05) is 50.4 Å². The predicted molar refractivity (Wildman–Crippen MR) is 156 cm³/mol. The van der Waals surface area contributed by atoms with Gasteiger partial charge in [0.25, 0.3) is 5.91 Å². The van der Waals surface area contributed by atoms with E-state index in [1.54, 1.807) is 7.11 Å². The molecule has 1 amide bonds. The maximum Gasteiger partial charge on any atom is 0.253 e. The third-order valence-corrected chi connectivity index (χ3v) is 7.96. The summed E-state index contributed by atoms with van der Waals surface area (Å²) < 4.78 is 5.59. The van der Waals surface area contributed by atoms with Gasteiger partial charge in [-0.1, -0.05) is 54.6 Å². The molecule has 1 saturated heterocycles. The van der Waals surface area contributed by atoms with Crippen molar-refractivity contribution in [2.45, 2.75) is 52.2 Å². The van der Waals surface area contributed by atoms with E-state index in [0.29, 0.717) is 25.2 Å². The number of hydrogen-bond donors (Lipinski definition) is 0. The third-order valence-electron chi connectivity index (χ3n) is 7.96. The summed E-state index contributed by atoms with van der Waals surface area (Å²) in [5, 5.41) is 0. The van der Waals surface area contributed by atoms with Crippen LogP contribution in [-0.4, -0.2) is 72.5 Å². The van der Waals surface area contributed by atoms with Gasteiger partial charge in [-0.2, -0.15) is 0 Å². The first-order valence-electron chi connectivity index (χ1n) is 14.0. The Morgan fingerprint density at radius 2 is 1.61 bits per heavy atom. The lowest BCUT2D eigenvalue weighted by Crippen LogP contribution is -2.57. The van der Waals surface area contributed by atoms with Gasteiger partial charge in [0.05, 0.1) is 13.2 Å². The number of hydrogen-bond acceptors (Lipinski definition) is 4. The van der Waals surface area contributed by atoms with Crippen molar-refractivity contribution in [3.63, 3.8) is 0 Å². The molecule has 5 heteroatoms. The number of methoxy groups -OCH3 is 1. The van der Waals surface area contributed by atoms with E-state index in [2.05, 4.69) is 84.3 Å². The molecule has 0 aliphatic carbocycles. The number of carbonyl (C=O) groups excluding carboxylic acids is 1. The minimum absolute atomic E-state index is 0.0800. The monoisotopic (exact) mass is 513 g/mol. The summed E-state index contributed by atoms with van der Waals surface area (Å²) in [6.07, 6.45) is 1.07. The van der Waals surface area contributed by atoms with Crippen LogP contribution in [0.3, 0.4) is 0 Å². The smallest absolute Gasteiger partial charge is 0.253 e. The summed E-state index contributed by atoms with van der Waals surface area (Å²) in [5.74, 6) is 0.955. The number of ether oxygens (including phenoxy) is 1. The van der Waals surface area contributed by atoms with Gasteiger partial charge < -0.3 is 9.64 Å². The first-order chi connectivity index (χ1) is 18.4. The molecule has 0 N–H and O–H groups in total. The van der Waals surface area contributed by atoms with E-state index < -0.39 is 0 Å². The van der Waals surface area contributed by atoms with E-state index in [4.69, 9.17) is 4.74 Å². The second kappa shape index (κ2) is 13.1. The highest BCUT2D eigenvalue weighted by Gasteiger charge is 2.35. The van der Waals surface area contributed by atoms with Crippen LogP contribution in [0.4, 0.5) is 0 Å². The fourth-order valence-electron chi connectivity index (χ4n) is 5.70. The predicted octanol–water partition coefficient (Wildman–Crippen LogP) is 5.90. The second-order valence-corrected chi connectivity index (χ2v) is 10.4. The lowest BCUT2D eigenvalue weighted by atomic mass is 9.92. The van der Waals surface area contributed by atoms with Crippen molar-refractivity contribution in [2.24, 2.45) is 0 Å². The van der Waals surface area contributed by atoms with E-state index in [1.807, 2.05) is 36.9 Å². The molecule has 3 aromatic carbocycles. The Kier molecular flexibility index (Phi) is 9.59. The van der Waals surface area contributed by atoms with Crippen LogP contribution in [0.5, 0.6) is 5.75 Å². The van der Waals surface area contributed by atoms with Crippen molar-refractivity contribution < 1.29 is 9.53 Å². The normalized spacial score (nSPS) is 19.2. The Hall–Kier alpha value is -3.15. The molecule has 4 rings (SSSR count). The van der Waals surface area contributed by atoms with Gasteiger partial charge in [-0.25, -0.2) is 0 Å². The van der Waals surface area contributed by atoms with E-state index >= 15 is 0 Å². The molecule has 0 bridgehead atoms. The highest BCUT2D eigenvalue weighted by atomic mass is 16.5. The van der Waals surface area contributed by atoms with Crippen LogP contribution >= 0.6 is 0 Å². The molecule has 0 aromatic heterocycles. The van der Waals surface area contributed by atoms with Crippen molar-refractivity contribution in [1.82, 2.24) is 14.7 Å². The van der Waals surface area contributed by atoms with Crippen molar-refractivity contribution in [3.05, 3.63) is 101 Å². The summed E-state index contributed by atoms with van der Waals surface area (Å²) in [5.41, 5.74) is 4.55. The van der Waals surface area contributed by atoms with Gasteiger partial charge in [-0.05, 0) is 75.1 Å². The fourth-order valence-corrected chi connectivity index (χ4v) is 5.70. The van der Waals surface area contributed by atoms with E-state index in [9.17, 15) is 4.79 Å². The van der Waals surface area contributed by atoms with Crippen molar-refractivity contribution in [1.29, 1.82) is 0 Å². The van der Waals surface area contributed by atoms with Crippen molar-refractivity contribution in [2.75, 3.05) is 39.8 Å². The topological polar surface area (TPSA) is 36.0 Å². The van der Waals surface area contributed by atoms with E-state index in [0.717, 1.165) is 37.4 Å².